The highest BCUT2D eigenvalue weighted by molar-refractivity contribution is 5.82. The van der Waals surface area contributed by atoms with Crippen LogP contribution < -0.4 is 0 Å². The van der Waals surface area contributed by atoms with Crippen molar-refractivity contribution < 1.29 is 4.79 Å². The minimum atomic E-state index is 0.374. The van der Waals surface area contributed by atoms with Crippen molar-refractivity contribution in [2.24, 2.45) is 5.92 Å². The van der Waals surface area contributed by atoms with E-state index in [2.05, 4.69) is 4.90 Å². The molecule has 0 bridgehead atoms. The Bertz CT molecular complexity index is 428. The fourth-order valence-corrected chi connectivity index (χ4v) is 3.86. The van der Waals surface area contributed by atoms with Crippen LogP contribution in [0.5, 0.6) is 0 Å². The average Bonchev–Trinajstić information content (AvgIpc) is 2.89. The van der Waals surface area contributed by atoms with Crippen molar-refractivity contribution in [3.63, 3.8) is 0 Å². The summed E-state index contributed by atoms with van der Waals surface area (Å²) in [4.78, 5) is 14.7. The maximum absolute atomic E-state index is 12.2. The summed E-state index contributed by atoms with van der Waals surface area (Å²) in [5, 5.41) is 0. The van der Waals surface area contributed by atoms with Crippen LogP contribution in [0.4, 0.5) is 0 Å². The highest BCUT2D eigenvalue weighted by Gasteiger charge is 2.35. The summed E-state index contributed by atoms with van der Waals surface area (Å²) in [6.45, 7) is 1.79. The van der Waals surface area contributed by atoms with E-state index in [1.807, 2.05) is 30.3 Å². The number of rotatable bonds is 4. The van der Waals surface area contributed by atoms with Gasteiger partial charge in [-0.2, -0.15) is 0 Å². The smallest absolute Gasteiger partial charge is 0.151 e. The zero-order chi connectivity index (χ0) is 13.1. The zero-order valence-corrected chi connectivity index (χ0v) is 11.6. The molecular formula is C17H23NO. The summed E-state index contributed by atoms with van der Waals surface area (Å²) in [7, 11) is 0. The van der Waals surface area contributed by atoms with Gasteiger partial charge in [0.1, 0.15) is 0 Å². The highest BCUT2D eigenvalue weighted by Crippen LogP contribution is 2.36. The Balaban J connectivity index is 1.57. The fourth-order valence-electron chi connectivity index (χ4n) is 3.86. The first-order valence-corrected chi connectivity index (χ1v) is 7.62. The van der Waals surface area contributed by atoms with Gasteiger partial charge in [0.05, 0.1) is 6.54 Å². The van der Waals surface area contributed by atoms with E-state index in [1.54, 1.807) is 0 Å². The van der Waals surface area contributed by atoms with Crippen LogP contribution in [0.15, 0.2) is 30.3 Å². The number of Topliss-reactive ketones (excluding diaryl/α,β-unsaturated/α-hetero) is 1. The maximum atomic E-state index is 12.2. The lowest BCUT2D eigenvalue weighted by Gasteiger charge is -2.37. The van der Waals surface area contributed by atoms with Crippen LogP contribution in [0.1, 0.15) is 37.7 Å². The molecule has 0 radical (unpaired) electrons. The van der Waals surface area contributed by atoms with E-state index in [1.165, 1.54) is 32.1 Å². The summed E-state index contributed by atoms with van der Waals surface area (Å²) in [6.07, 6.45) is 7.30. The van der Waals surface area contributed by atoms with Gasteiger partial charge in [-0.25, -0.2) is 0 Å². The van der Waals surface area contributed by atoms with Gasteiger partial charge in [0, 0.05) is 12.5 Å². The van der Waals surface area contributed by atoms with Crippen molar-refractivity contribution in [3.05, 3.63) is 35.9 Å². The van der Waals surface area contributed by atoms with Crippen LogP contribution >= 0.6 is 0 Å². The van der Waals surface area contributed by atoms with Crippen LogP contribution in [0.3, 0.4) is 0 Å². The fraction of sp³-hybridized carbons (Fsp3) is 0.588. The van der Waals surface area contributed by atoms with Crippen LogP contribution in [-0.4, -0.2) is 29.8 Å². The predicted molar refractivity (Wildman–Crippen MR) is 77.1 cm³/mol. The Labute approximate surface area is 115 Å². The maximum Gasteiger partial charge on any atom is 0.151 e. The summed E-state index contributed by atoms with van der Waals surface area (Å²) in [6, 6.07) is 10.8. The zero-order valence-electron chi connectivity index (χ0n) is 11.6. The normalized spacial score (nSPS) is 27.2. The third kappa shape index (κ3) is 3.06. The standard InChI is InChI=1S/C17H23NO/c19-16(12-14-6-2-1-3-7-14)13-18-11-5-9-15-8-4-10-17(15)18/h1-3,6-7,15,17H,4-5,8-13H2. The molecule has 0 aromatic heterocycles. The molecule has 1 aliphatic heterocycles. The number of fused-ring (bicyclic) bond motifs is 1. The molecule has 19 heavy (non-hydrogen) atoms. The van der Waals surface area contributed by atoms with Crippen LogP contribution in [0.2, 0.25) is 0 Å². The van der Waals surface area contributed by atoms with Crippen molar-refractivity contribution in [2.75, 3.05) is 13.1 Å². The number of likely N-dealkylation sites (tertiary alicyclic amines) is 1. The molecular weight excluding hydrogens is 234 g/mol. The number of hydrogen-bond donors (Lipinski definition) is 0. The van der Waals surface area contributed by atoms with Crippen LogP contribution in [-0.2, 0) is 11.2 Å². The van der Waals surface area contributed by atoms with Crippen molar-refractivity contribution in [1.29, 1.82) is 0 Å². The molecule has 1 heterocycles. The molecule has 2 aliphatic rings. The largest absolute Gasteiger partial charge is 0.298 e. The molecule has 1 aliphatic carbocycles. The van der Waals surface area contributed by atoms with Gasteiger partial charge in [0.2, 0.25) is 0 Å². The molecule has 1 aromatic rings. The molecule has 1 saturated heterocycles. The van der Waals surface area contributed by atoms with E-state index in [-0.39, 0.29) is 0 Å². The van der Waals surface area contributed by atoms with E-state index in [0.29, 0.717) is 24.8 Å². The molecule has 2 unspecified atom stereocenters. The van der Waals surface area contributed by atoms with Gasteiger partial charge in [-0.3, -0.25) is 9.69 Å². The number of piperidine rings is 1. The topological polar surface area (TPSA) is 20.3 Å². The minimum Gasteiger partial charge on any atom is -0.298 e. The van der Waals surface area contributed by atoms with Crippen molar-refractivity contribution in [2.45, 2.75) is 44.6 Å². The molecule has 0 spiro atoms. The molecule has 2 fully saturated rings. The molecule has 0 N–H and O–H groups in total. The van der Waals surface area contributed by atoms with Gasteiger partial charge >= 0.3 is 0 Å². The van der Waals surface area contributed by atoms with Crippen molar-refractivity contribution in [3.8, 4) is 0 Å². The summed E-state index contributed by atoms with van der Waals surface area (Å²) in [5.74, 6) is 1.25. The second-order valence-electron chi connectivity index (χ2n) is 6.07. The molecule has 1 saturated carbocycles. The molecule has 102 valence electrons. The average molecular weight is 257 g/mol. The summed E-state index contributed by atoms with van der Waals surface area (Å²) < 4.78 is 0. The van der Waals surface area contributed by atoms with Crippen LogP contribution in [0.25, 0.3) is 0 Å². The minimum absolute atomic E-state index is 0.374. The molecule has 2 nitrogen and oxygen atoms in total. The molecule has 1 aromatic carbocycles. The van der Waals surface area contributed by atoms with E-state index < -0.39 is 0 Å². The second kappa shape index (κ2) is 5.87. The SMILES string of the molecule is O=C(Cc1ccccc1)CN1CCCC2CCCC21. The van der Waals surface area contributed by atoms with Gasteiger partial charge in [0.15, 0.2) is 5.78 Å². The third-order valence-corrected chi connectivity index (χ3v) is 4.73. The third-order valence-electron chi connectivity index (χ3n) is 4.73. The molecule has 0 amide bonds. The quantitative estimate of drug-likeness (QED) is 0.826. The summed E-state index contributed by atoms with van der Waals surface area (Å²) >= 11 is 0. The Morgan fingerprint density at radius 3 is 2.74 bits per heavy atom. The van der Waals surface area contributed by atoms with Crippen LogP contribution in [0, 0.1) is 5.92 Å². The monoisotopic (exact) mass is 257 g/mol. The number of benzene rings is 1. The van der Waals surface area contributed by atoms with Gasteiger partial charge in [-0.15, -0.1) is 0 Å². The van der Waals surface area contributed by atoms with E-state index in [0.717, 1.165) is 18.0 Å². The number of carbonyl (C=O) groups is 1. The number of nitrogens with zero attached hydrogens (tertiary/aromatic N) is 1. The Morgan fingerprint density at radius 2 is 1.89 bits per heavy atom. The number of hydrogen-bond acceptors (Lipinski definition) is 2. The first-order chi connectivity index (χ1) is 9.33. The van der Waals surface area contributed by atoms with E-state index >= 15 is 0 Å². The lowest BCUT2D eigenvalue weighted by molar-refractivity contribution is -0.120. The second-order valence-corrected chi connectivity index (χ2v) is 6.07. The van der Waals surface area contributed by atoms with Gasteiger partial charge < -0.3 is 0 Å². The molecule has 2 heteroatoms. The van der Waals surface area contributed by atoms with Gasteiger partial charge in [-0.05, 0) is 43.7 Å². The lowest BCUT2D eigenvalue weighted by Crippen LogP contribution is -2.45. The Kier molecular flexibility index (Phi) is 3.97. The molecule has 3 rings (SSSR count). The first kappa shape index (κ1) is 12.9. The van der Waals surface area contributed by atoms with E-state index in [4.69, 9.17) is 0 Å². The number of carbonyl (C=O) groups excluding carboxylic acids is 1. The Morgan fingerprint density at radius 1 is 1.11 bits per heavy atom. The van der Waals surface area contributed by atoms with Crippen molar-refractivity contribution in [1.82, 2.24) is 4.90 Å². The molecule has 2 atom stereocenters. The summed E-state index contributed by atoms with van der Waals surface area (Å²) in [5.41, 5.74) is 1.15. The van der Waals surface area contributed by atoms with E-state index in [9.17, 15) is 4.79 Å². The number of ketones is 1. The van der Waals surface area contributed by atoms with Gasteiger partial charge in [0.25, 0.3) is 0 Å². The predicted octanol–water partition coefficient (Wildman–Crippen LogP) is 3.06. The Hall–Kier alpha value is -1.15. The lowest BCUT2D eigenvalue weighted by atomic mass is 9.91. The van der Waals surface area contributed by atoms with Gasteiger partial charge in [-0.1, -0.05) is 36.8 Å². The first-order valence-electron chi connectivity index (χ1n) is 7.62. The highest BCUT2D eigenvalue weighted by atomic mass is 16.1. The van der Waals surface area contributed by atoms with Crippen molar-refractivity contribution >= 4 is 5.78 Å².